The highest BCUT2D eigenvalue weighted by atomic mass is 32.2. The molecule has 0 saturated carbocycles. The highest BCUT2D eigenvalue weighted by Gasteiger charge is 2.29. The Morgan fingerprint density at radius 2 is 1.75 bits per heavy atom. The quantitative estimate of drug-likeness (QED) is 0.537. The number of hydrogen-bond donors (Lipinski definition) is 0. The number of sulfonamides is 1. The van der Waals surface area contributed by atoms with E-state index in [1.165, 1.54) is 4.31 Å². The van der Waals surface area contributed by atoms with E-state index in [2.05, 4.69) is 4.57 Å². The highest BCUT2D eigenvalue weighted by molar-refractivity contribution is 7.89. The Morgan fingerprint density at radius 3 is 2.41 bits per heavy atom. The molecule has 0 unspecified atom stereocenters. The summed E-state index contributed by atoms with van der Waals surface area (Å²) in [6.45, 7) is 6.00. The topological polar surface area (TPSA) is 75.8 Å². The van der Waals surface area contributed by atoms with Crippen molar-refractivity contribution in [1.82, 2.24) is 13.8 Å². The molecule has 2 aromatic heterocycles. The molecule has 1 aliphatic heterocycles. The molecular weight excluding hydrogens is 426 g/mol. The molecule has 0 bridgehead atoms. The monoisotopic (exact) mass is 453 g/mol. The van der Waals surface area contributed by atoms with Crippen molar-refractivity contribution in [1.29, 1.82) is 0 Å². The number of rotatable bonds is 6. The predicted molar refractivity (Wildman–Crippen MR) is 123 cm³/mol. The van der Waals surface area contributed by atoms with Crippen LogP contribution in [0.3, 0.4) is 0 Å². The summed E-state index contributed by atoms with van der Waals surface area (Å²) >= 11 is 0. The van der Waals surface area contributed by atoms with Gasteiger partial charge in [-0.3, -0.25) is 4.79 Å². The molecular formula is C24H27N3O4S. The summed E-state index contributed by atoms with van der Waals surface area (Å²) in [5.74, 6) is 0.763. The number of piperazine rings is 1. The van der Waals surface area contributed by atoms with Crippen molar-refractivity contribution in [2.24, 2.45) is 0 Å². The lowest BCUT2D eigenvalue weighted by Gasteiger charge is -2.33. The lowest BCUT2D eigenvalue weighted by Crippen LogP contribution is -2.50. The summed E-state index contributed by atoms with van der Waals surface area (Å²) in [7, 11) is -3.53. The first-order valence-corrected chi connectivity index (χ1v) is 12.0. The van der Waals surface area contributed by atoms with Crippen LogP contribution in [0.15, 0.2) is 70.2 Å². The average Bonchev–Trinajstić information content (AvgIpc) is 3.42. The van der Waals surface area contributed by atoms with Gasteiger partial charge in [-0.1, -0.05) is 18.2 Å². The van der Waals surface area contributed by atoms with Crippen molar-refractivity contribution in [3.05, 3.63) is 83.6 Å². The van der Waals surface area contributed by atoms with E-state index < -0.39 is 10.0 Å². The van der Waals surface area contributed by atoms with E-state index in [-0.39, 0.29) is 23.9 Å². The van der Waals surface area contributed by atoms with E-state index in [9.17, 15) is 13.2 Å². The average molecular weight is 454 g/mol. The Bertz CT molecular complexity index is 1200. The molecule has 1 fully saturated rings. The molecule has 7 nitrogen and oxygen atoms in total. The van der Waals surface area contributed by atoms with Gasteiger partial charge in [-0.05, 0) is 55.8 Å². The molecule has 8 heteroatoms. The molecule has 1 aliphatic rings. The smallest absolute Gasteiger partial charge is 0.246 e. The molecule has 3 aromatic rings. The van der Waals surface area contributed by atoms with E-state index in [0.717, 1.165) is 22.7 Å². The van der Waals surface area contributed by atoms with Crippen LogP contribution in [0.5, 0.6) is 0 Å². The van der Waals surface area contributed by atoms with Crippen LogP contribution in [0.2, 0.25) is 0 Å². The Balaban J connectivity index is 1.38. The van der Waals surface area contributed by atoms with E-state index in [0.29, 0.717) is 19.6 Å². The van der Waals surface area contributed by atoms with Crippen molar-refractivity contribution < 1.29 is 17.6 Å². The lowest BCUT2D eigenvalue weighted by atomic mass is 10.2. The summed E-state index contributed by atoms with van der Waals surface area (Å²) < 4.78 is 34.6. The number of amides is 1. The minimum atomic E-state index is -3.53. The van der Waals surface area contributed by atoms with Crippen LogP contribution in [-0.2, 0) is 21.4 Å². The first kappa shape index (κ1) is 22.1. The zero-order chi connectivity index (χ0) is 22.7. The standard InChI is InChI=1S/C24H27N3O4S/c1-19-17-21(20(2)27(19)18-22-7-6-16-31-22)10-11-24(28)25-12-14-26(15-13-25)32(29,30)23-8-4-3-5-9-23/h3-11,16-17H,12-15,18H2,1-2H3. The molecule has 0 spiro atoms. The number of hydrogen-bond acceptors (Lipinski definition) is 4. The van der Waals surface area contributed by atoms with Crippen molar-refractivity contribution >= 4 is 22.0 Å². The van der Waals surface area contributed by atoms with Crippen LogP contribution in [0.1, 0.15) is 22.7 Å². The Kier molecular flexibility index (Phi) is 6.34. The number of carbonyl (C=O) groups is 1. The molecule has 1 saturated heterocycles. The second kappa shape index (κ2) is 9.18. The van der Waals surface area contributed by atoms with Crippen molar-refractivity contribution in [2.45, 2.75) is 25.3 Å². The van der Waals surface area contributed by atoms with Crippen LogP contribution >= 0.6 is 0 Å². The number of aryl methyl sites for hydroxylation is 1. The zero-order valence-corrected chi connectivity index (χ0v) is 19.1. The normalized spacial score (nSPS) is 15.5. The fraction of sp³-hybridized carbons (Fsp3) is 0.292. The van der Waals surface area contributed by atoms with Crippen LogP contribution in [-0.4, -0.2) is 54.3 Å². The van der Waals surface area contributed by atoms with Gasteiger partial charge in [0.05, 0.1) is 17.7 Å². The SMILES string of the molecule is Cc1cc(C=CC(=O)N2CCN(S(=O)(=O)c3ccccc3)CC2)c(C)n1Cc1ccco1. The minimum Gasteiger partial charge on any atom is -0.467 e. The number of benzene rings is 1. The van der Waals surface area contributed by atoms with Gasteiger partial charge in [0.2, 0.25) is 15.9 Å². The zero-order valence-electron chi connectivity index (χ0n) is 18.3. The first-order chi connectivity index (χ1) is 15.4. The molecule has 0 N–H and O–H groups in total. The third-order valence-corrected chi connectivity index (χ3v) is 7.76. The van der Waals surface area contributed by atoms with Gasteiger partial charge in [-0.2, -0.15) is 4.31 Å². The molecule has 0 radical (unpaired) electrons. The van der Waals surface area contributed by atoms with Gasteiger partial charge in [0.15, 0.2) is 0 Å². The largest absolute Gasteiger partial charge is 0.467 e. The molecule has 4 rings (SSSR count). The van der Waals surface area contributed by atoms with Gasteiger partial charge in [0.1, 0.15) is 5.76 Å². The summed E-state index contributed by atoms with van der Waals surface area (Å²) in [6, 6.07) is 14.3. The first-order valence-electron chi connectivity index (χ1n) is 10.6. The molecule has 3 heterocycles. The third-order valence-electron chi connectivity index (χ3n) is 5.84. The van der Waals surface area contributed by atoms with Gasteiger partial charge in [-0.25, -0.2) is 8.42 Å². The minimum absolute atomic E-state index is 0.113. The van der Waals surface area contributed by atoms with E-state index in [4.69, 9.17) is 4.42 Å². The fourth-order valence-electron chi connectivity index (χ4n) is 3.96. The predicted octanol–water partition coefficient (Wildman–Crippen LogP) is 3.29. The maximum atomic E-state index is 12.8. The number of furan rings is 1. The van der Waals surface area contributed by atoms with Crippen molar-refractivity contribution in [2.75, 3.05) is 26.2 Å². The molecule has 0 atom stereocenters. The van der Waals surface area contributed by atoms with Crippen molar-refractivity contribution in [3.63, 3.8) is 0 Å². The lowest BCUT2D eigenvalue weighted by molar-refractivity contribution is -0.127. The highest BCUT2D eigenvalue weighted by Crippen LogP contribution is 2.20. The number of carbonyl (C=O) groups excluding carboxylic acids is 1. The van der Waals surface area contributed by atoms with Gasteiger partial charge in [0, 0.05) is 43.6 Å². The van der Waals surface area contributed by atoms with Crippen LogP contribution in [0.25, 0.3) is 6.08 Å². The second-order valence-corrected chi connectivity index (χ2v) is 9.81. The number of nitrogens with zero attached hydrogens (tertiary/aromatic N) is 3. The molecule has 1 aromatic carbocycles. The Morgan fingerprint density at radius 1 is 1.03 bits per heavy atom. The molecule has 32 heavy (non-hydrogen) atoms. The molecule has 0 aliphatic carbocycles. The summed E-state index contributed by atoms with van der Waals surface area (Å²) in [5.41, 5.74) is 3.13. The van der Waals surface area contributed by atoms with Gasteiger partial charge in [0.25, 0.3) is 0 Å². The summed E-state index contributed by atoms with van der Waals surface area (Å²) in [6.07, 6.45) is 5.06. The third kappa shape index (κ3) is 4.56. The summed E-state index contributed by atoms with van der Waals surface area (Å²) in [5, 5.41) is 0. The van der Waals surface area contributed by atoms with E-state index in [1.807, 2.05) is 38.1 Å². The van der Waals surface area contributed by atoms with Gasteiger partial charge in [-0.15, -0.1) is 0 Å². The van der Waals surface area contributed by atoms with Gasteiger partial charge < -0.3 is 13.9 Å². The molecule has 168 valence electrons. The van der Waals surface area contributed by atoms with E-state index in [1.54, 1.807) is 47.6 Å². The maximum absolute atomic E-state index is 12.8. The fourth-order valence-corrected chi connectivity index (χ4v) is 5.40. The van der Waals surface area contributed by atoms with Crippen molar-refractivity contribution in [3.8, 4) is 0 Å². The van der Waals surface area contributed by atoms with Gasteiger partial charge >= 0.3 is 0 Å². The summed E-state index contributed by atoms with van der Waals surface area (Å²) in [4.78, 5) is 14.7. The number of aromatic nitrogens is 1. The Labute approximate surface area is 188 Å². The Hall–Kier alpha value is -3.10. The maximum Gasteiger partial charge on any atom is 0.246 e. The second-order valence-electron chi connectivity index (χ2n) is 7.87. The van der Waals surface area contributed by atoms with E-state index >= 15 is 0 Å². The van der Waals surface area contributed by atoms with Crippen LogP contribution < -0.4 is 0 Å². The van der Waals surface area contributed by atoms with Crippen LogP contribution in [0.4, 0.5) is 0 Å². The molecule has 1 amide bonds. The van der Waals surface area contributed by atoms with Crippen LogP contribution in [0, 0.1) is 13.8 Å².